The summed E-state index contributed by atoms with van der Waals surface area (Å²) in [5.41, 5.74) is 1.13. The van der Waals surface area contributed by atoms with Crippen molar-refractivity contribution in [2.75, 3.05) is 26.2 Å². The van der Waals surface area contributed by atoms with Crippen molar-refractivity contribution in [3.63, 3.8) is 0 Å². The third-order valence-corrected chi connectivity index (χ3v) is 6.24. The Labute approximate surface area is 172 Å². The summed E-state index contributed by atoms with van der Waals surface area (Å²) in [4.78, 5) is 17.3. The minimum absolute atomic E-state index is 0.269. The molecule has 3 unspecified atom stereocenters. The van der Waals surface area contributed by atoms with E-state index in [9.17, 15) is 4.79 Å². The highest BCUT2D eigenvalue weighted by molar-refractivity contribution is 6.42. The maximum Gasteiger partial charge on any atom is 0.222 e. The van der Waals surface area contributed by atoms with Gasteiger partial charge in [0.15, 0.2) is 0 Å². The molecule has 0 spiro atoms. The number of carbonyl (C=O) groups excluding carboxylic acids is 1. The first-order valence-corrected chi connectivity index (χ1v) is 10.8. The van der Waals surface area contributed by atoms with Gasteiger partial charge in [-0.3, -0.25) is 9.69 Å². The topological polar surface area (TPSA) is 32.8 Å². The second kappa shape index (κ2) is 9.60. The summed E-state index contributed by atoms with van der Waals surface area (Å²) >= 11 is 12.0. The molecule has 150 valence electrons. The molecule has 4 nitrogen and oxygen atoms in total. The van der Waals surface area contributed by atoms with Gasteiger partial charge in [0.1, 0.15) is 0 Å². The second-order valence-electron chi connectivity index (χ2n) is 7.96. The van der Waals surface area contributed by atoms with Crippen LogP contribution in [-0.4, -0.2) is 60.1 Å². The molecule has 1 aromatic rings. The lowest BCUT2D eigenvalue weighted by atomic mass is 10.1. The highest BCUT2D eigenvalue weighted by Crippen LogP contribution is 2.24. The molecule has 3 rings (SSSR count). The first-order valence-electron chi connectivity index (χ1n) is 10.0. The molecule has 2 fully saturated rings. The van der Waals surface area contributed by atoms with Crippen LogP contribution >= 0.6 is 23.2 Å². The van der Waals surface area contributed by atoms with E-state index in [1.54, 1.807) is 0 Å². The number of hydrogen-bond acceptors (Lipinski definition) is 3. The number of morpholine rings is 1. The van der Waals surface area contributed by atoms with Crippen LogP contribution < -0.4 is 0 Å². The summed E-state index contributed by atoms with van der Waals surface area (Å²) in [7, 11) is 0. The number of ether oxygens (including phenoxy) is 1. The number of hydrogen-bond donors (Lipinski definition) is 0. The lowest BCUT2D eigenvalue weighted by Crippen LogP contribution is -2.50. The number of likely N-dealkylation sites (tertiary alicyclic amines) is 1. The third-order valence-electron chi connectivity index (χ3n) is 5.50. The first-order chi connectivity index (χ1) is 12.9. The Bertz CT molecular complexity index is 645. The highest BCUT2D eigenvalue weighted by atomic mass is 35.5. The van der Waals surface area contributed by atoms with Crippen molar-refractivity contribution in [2.45, 2.75) is 64.2 Å². The molecular weight excluding hydrogens is 383 g/mol. The first kappa shape index (κ1) is 20.9. The Morgan fingerprint density at radius 1 is 1.19 bits per heavy atom. The fourth-order valence-corrected chi connectivity index (χ4v) is 4.69. The summed E-state index contributed by atoms with van der Waals surface area (Å²) in [5, 5.41) is 1.15. The van der Waals surface area contributed by atoms with Gasteiger partial charge in [0.05, 0.1) is 22.3 Å². The smallest absolute Gasteiger partial charge is 0.222 e. The number of aryl methyl sites for hydroxylation is 1. The van der Waals surface area contributed by atoms with Crippen molar-refractivity contribution in [1.29, 1.82) is 0 Å². The minimum atomic E-state index is 0.269. The molecule has 2 aliphatic rings. The third kappa shape index (κ3) is 5.83. The predicted octanol–water partition coefficient (Wildman–Crippen LogP) is 4.42. The molecule has 2 aliphatic heterocycles. The van der Waals surface area contributed by atoms with Crippen LogP contribution in [0.4, 0.5) is 0 Å². The van der Waals surface area contributed by atoms with E-state index in [0.717, 1.165) is 57.4 Å². The molecule has 1 aromatic carbocycles. The van der Waals surface area contributed by atoms with E-state index in [2.05, 4.69) is 23.6 Å². The molecule has 2 saturated heterocycles. The number of halogens is 2. The maximum absolute atomic E-state index is 12.8. The van der Waals surface area contributed by atoms with Gasteiger partial charge in [-0.1, -0.05) is 29.3 Å². The molecule has 0 aromatic heterocycles. The van der Waals surface area contributed by atoms with Crippen LogP contribution in [0, 0.1) is 0 Å². The Morgan fingerprint density at radius 3 is 2.63 bits per heavy atom. The number of nitrogens with zero attached hydrogens (tertiary/aromatic N) is 2. The van der Waals surface area contributed by atoms with Crippen molar-refractivity contribution in [3.8, 4) is 0 Å². The zero-order valence-electron chi connectivity index (χ0n) is 16.3. The van der Waals surface area contributed by atoms with E-state index < -0.39 is 0 Å². The van der Waals surface area contributed by atoms with Crippen molar-refractivity contribution >= 4 is 29.1 Å². The summed E-state index contributed by atoms with van der Waals surface area (Å²) in [5.74, 6) is 0.284. The van der Waals surface area contributed by atoms with Gasteiger partial charge in [-0.15, -0.1) is 0 Å². The molecule has 6 heteroatoms. The zero-order valence-corrected chi connectivity index (χ0v) is 17.8. The maximum atomic E-state index is 12.8. The van der Waals surface area contributed by atoms with Crippen molar-refractivity contribution in [2.24, 2.45) is 0 Å². The number of amides is 1. The standard InChI is InChI=1S/C21H30Cl2N2O2/c1-15-12-24(13-16(2)27-15)14-18-6-4-10-25(18)21(26)7-3-5-17-8-9-19(22)20(23)11-17/h8-9,11,15-16,18H,3-7,10,12-14H2,1-2H3. The Hall–Kier alpha value is -0.810. The van der Waals surface area contributed by atoms with Crippen LogP contribution in [0.15, 0.2) is 18.2 Å². The van der Waals surface area contributed by atoms with Crippen LogP contribution in [0.5, 0.6) is 0 Å². The Balaban J connectivity index is 1.47. The average molecular weight is 413 g/mol. The lowest BCUT2D eigenvalue weighted by Gasteiger charge is -2.38. The van der Waals surface area contributed by atoms with E-state index in [0.29, 0.717) is 22.5 Å². The molecule has 0 bridgehead atoms. The highest BCUT2D eigenvalue weighted by Gasteiger charge is 2.32. The van der Waals surface area contributed by atoms with E-state index in [1.165, 1.54) is 0 Å². The quantitative estimate of drug-likeness (QED) is 0.693. The van der Waals surface area contributed by atoms with Gasteiger partial charge in [-0.25, -0.2) is 0 Å². The van der Waals surface area contributed by atoms with Crippen LogP contribution in [0.3, 0.4) is 0 Å². The van der Waals surface area contributed by atoms with E-state index >= 15 is 0 Å². The fourth-order valence-electron chi connectivity index (χ4n) is 4.37. The van der Waals surface area contributed by atoms with E-state index in [-0.39, 0.29) is 18.1 Å². The lowest BCUT2D eigenvalue weighted by molar-refractivity contribution is -0.133. The summed E-state index contributed by atoms with van der Waals surface area (Å²) < 4.78 is 5.83. The van der Waals surface area contributed by atoms with Crippen LogP contribution in [0.25, 0.3) is 0 Å². The van der Waals surface area contributed by atoms with Gasteiger partial charge >= 0.3 is 0 Å². The van der Waals surface area contributed by atoms with Crippen LogP contribution in [0.2, 0.25) is 10.0 Å². The molecule has 27 heavy (non-hydrogen) atoms. The normalized spacial score (nSPS) is 26.5. The molecule has 0 saturated carbocycles. The Kier molecular flexibility index (Phi) is 7.43. The molecule has 2 heterocycles. The van der Waals surface area contributed by atoms with Gasteiger partial charge in [0.2, 0.25) is 5.91 Å². The van der Waals surface area contributed by atoms with Gasteiger partial charge in [0, 0.05) is 38.6 Å². The summed E-state index contributed by atoms with van der Waals surface area (Å²) in [6.45, 7) is 8.04. The molecule has 1 amide bonds. The molecule has 0 N–H and O–H groups in total. The summed E-state index contributed by atoms with van der Waals surface area (Å²) in [6, 6.07) is 6.05. The summed E-state index contributed by atoms with van der Waals surface area (Å²) in [6.07, 6.45) is 5.03. The van der Waals surface area contributed by atoms with Crippen LogP contribution in [-0.2, 0) is 16.0 Å². The number of benzene rings is 1. The number of carbonyl (C=O) groups is 1. The number of rotatable bonds is 6. The largest absolute Gasteiger partial charge is 0.373 e. The predicted molar refractivity (Wildman–Crippen MR) is 111 cm³/mol. The monoisotopic (exact) mass is 412 g/mol. The van der Waals surface area contributed by atoms with Crippen molar-refractivity contribution in [1.82, 2.24) is 9.80 Å². The molecule has 0 radical (unpaired) electrons. The zero-order chi connectivity index (χ0) is 19.4. The van der Waals surface area contributed by atoms with Gasteiger partial charge in [-0.05, 0) is 57.2 Å². The minimum Gasteiger partial charge on any atom is -0.373 e. The van der Waals surface area contributed by atoms with Crippen molar-refractivity contribution < 1.29 is 9.53 Å². The van der Waals surface area contributed by atoms with E-state index in [1.807, 2.05) is 18.2 Å². The van der Waals surface area contributed by atoms with Gasteiger partial charge in [-0.2, -0.15) is 0 Å². The van der Waals surface area contributed by atoms with Gasteiger partial charge in [0.25, 0.3) is 0 Å². The van der Waals surface area contributed by atoms with Crippen LogP contribution in [0.1, 0.15) is 45.1 Å². The molecule has 3 atom stereocenters. The fraction of sp³-hybridized carbons (Fsp3) is 0.667. The van der Waals surface area contributed by atoms with Gasteiger partial charge < -0.3 is 9.64 Å². The molecule has 0 aliphatic carbocycles. The second-order valence-corrected chi connectivity index (χ2v) is 8.78. The average Bonchev–Trinajstić information content (AvgIpc) is 3.05. The SMILES string of the molecule is CC1CN(CC2CCCN2C(=O)CCCc2ccc(Cl)c(Cl)c2)CC(C)O1. The Morgan fingerprint density at radius 2 is 1.93 bits per heavy atom. The van der Waals surface area contributed by atoms with E-state index in [4.69, 9.17) is 27.9 Å². The molecular formula is C21H30Cl2N2O2. The van der Waals surface area contributed by atoms with Crippen molar-refractivity contribution in [3.05, 3.63) is 33.8 Å².